The fourth-order valence-corrected chi connectivity index (χ4v) is 3.27. The van der Waals surface area contributed by atoms with Crippen molar-refractivity contribution in [2.45, 2.75) is 43.8 Å². The first-order chi connectivity index (χ1) is 8.74. The van der Waals surface area contributed by atoms with Gasteiger partial charge in [-0.2, -0.15) is 4.98 Å². The van der Waals surface area contributed by atoms with Gasteiger partial charge in [0, 0.05) is 18.1 Å². The molecule has 0 aromatic carbocycles. The number of halogens is 1. The Labute approximate surface area is 115 Å². The molecule has 2 N–H and O–H groups in total. The molecule has 0 amide bonds. The number of hydrogen-bond donors (Lipinski definition) is 2. The molecule has 0 aliphatic carbocycles. The standard InChI is InChI=1S/C12H17BrN4O/c1-18-11-10(13)6-14-12(17-11)16-9-4-7-2-3-8(5-9)15-7/h6-9,15H,2-5H2,1H3,(H,14,16,17). The van der Waals surface area contributed by atoms with E-state index in [-0.39, 0.29) is 0 Å². The Morgan fingerprint density at radius 1 is 1.39 bits per heavy atom. The number of hydrogen-bond acceptors (Lipinski definition) is 5. The van der Waals surface area contributed by atoms with Gasteiger partial charge in [-0.3, -0.25) is 0 Å². The van der Waals surface area contributed by atoms with Crippen molar-refractivity contribution in [1.82, 2.24) is 15.3 Å². The molecule has 0 spiro atoms. The van der Waals surface area contributed by atoms with Gasteiger partial charge < -0.3 is 15.4 Å². The third kappa shape index (κ3) is 2.44. The van der Waals surface area contributed by atoms with Crippen LogP contribution in [0.1, 0.15) is 25.7 Å². The molecule has 3 rings (SSSR count). The minimum atomic E-state index is 0.467. The summed E-state index contributed by atoms with van der Waals surface area (Å²) in [5.41, 5.74) is 0. The highest BCUT2D eigenvalue weighted by Gasteiger charge is 2.33. The van der Waals surface area contributed by atoms with E-state index in [2.05, 4.69) is 36.5 Å². The zero-order chi connectivity index (χ0) is 12.5. The monoisotopic (exact) mass is 312 g/mol. The van der Waals surface area contributed by atoms with E-state index in [0.29, 0.717) is 30.0 Å². The van der Waals surface area contributed by atoms with Gasteiger partial charge in [0.2, 0.25) is 11.8 Å². The van der Waals surface area contributed by atoms with Crippen molar-refractivity contribution >= 4 is 21.9 Å². The summed E-state index contributed by atoms with van der Waals surface area (Å²) < 4.78 is 5.96. The van der Waals surface area contributed by atoms with Crippen molar-refractivity contribution < 1.29 is 4.74 Å². The Kier molecular flexibility index (Phi) is 3.39. The summed E-state index contributed by atoms with van der Waals surface area (Å²) in [6.45, 7) is 0. The minimum Gasteiger partial charge on any atom is -0.480 e. The molecular formula is C12H17BrN4O. The lowest BCUT2D eigenvalue weighted by Gasteiger charge is -2.29. The number of nitrogens with one attached hydrogen (secondary N) is 2. The zero-order valence-corrected chi connectivity index (χ0v) is 11.9. The topological polar surface area (TPSA) is 59.1 Å². The van der Waals surface area contributed by atoms with Crippen LogP contribution in [0.25, 0.3) is 0 Å². The number of fused-ring (bicyclic) bond motifs is 2. The maximum atomic E-state index is 5.18. The zero-order valence-electron chi connectivity index (χ0n) is 10.3. The van der Waals surface area contributed by atoms with Crippen LogP contribution < -0.4 is 15.4 Å². The fourth-order valence-electron chi connectivity index (χ4n) is 2.92. The van der Waals surface area contributed by atoms with Crippen LogP contribution in [0.15, 0.2) is 10.7 Å². The highest BCUT2D eigenvalue weighted by atomic mass is 79.9. The van der Waals surface area contributed by atoms with Gasteiger partial charge in [0.05, 0.1) is 17.8 Å². The fraction of sp³-hybridized carbons (Fsp3) is 0.667. The summed E-state index contributed by atoms with van der Waals surface area (Å²) in [5, 5.41) is 7.05. The predicted molar refractivity (Wildman–Crippen MR) is 72.9 cm³/mol. The lowest BCUT2D eigenvalue weighted by Crippen LogP contribution is -2.43. The Morgan fingerprint density at radius 3 is 2.78 bits per heavy atom. The van der Waals surface area contributed by atoms with Crippen molar-refractivity contribution in [2.75, 3.05) is 12.4 Å². The number of piperidine rings is 1. The van der Waals surface area contributed by atoms with Crippen LogP contribution in [-0.2, 0) is 0 Å². The number of rotatable bonds is 3. The van der Waals surface area contributed by atoms with E-state index in [1.807, 2.05) is 0 Å². The van der Waals surface area contributed by atoms with Crippen molar-refractivity contribution in [2.24, 2.45) is 0 Å². The quantitative estimate of drug-likeness (QED) is 0.893. The van der Waals surface area contributed by atoms with Crippen LogP contribution in [-0.4, -0.2) is 35.2 Å². The molecule has 5 nitrogen and oxygen atoms in total. The van der Waals surface area contributed by atoms with Gasteiger partial charge in [0.25, 0.3) is 0 Å². The van der Waals surface area contributed by atoms with Crippen LogP contribution in [0.5, 0.6) is 5.88 Å². The highest BCUT2D eigenvalue weighted by Crippen LogP contribution is 2.29. The molecule has 2 aliphatic rings. The molecule has 2 saturated heterocycles. The molecule has 2 fully saturated rings. The normalized spacial score (nSPS) is 30.2. The van der Waals surface area contributed by atoms with E-state index in [0.717, 1.165) is 17.3 Å². The lowest BCUT2D eigenvalue weighted by molar-refractivity contribution is 0.374. The van der Waals surface area contributed by atoms with E-state index in [4.69, 9.17) is 4.74 Å². The van der Waals surface area contributed by atoms with Crippen molar-refractivity contribution in [3.05, 3.63) is 10.7 Å². The van der Waals surface area contributed by atoms with Crippen LogP contribution in [0, 0.1) is 0 Å². The van der Waals surface area contributed by atoms with Gasteiger partial charge in [-0.05, 0) is 41.6 Å². The van der Waals surface area contributed by atoms with Gasteiger partial charge in [-0.15, -0.1) is 0 Å². The largest absolute Gasteiger partial charge is 0.480 e. The summed E-state index contributed by atoms with van der Waals surface area (Å²) in [6.07, 6.45) is 6.63. The number of anilines is 1. The number of nitrogens with zero attached hydrogens (tertiary/aromatic N) is 2. The van der Waals surface area contributed by atoms with Crippen LogP contribution in [0.4, 0.5) is 5.95 Å². The van der Waals surface area contributed by atoms with Gasteiger partial charge in [-0.1, -0.05) is 0 Å². The molecule has 1 aromatic heterocycles. The third-order valence-electron chi connectivity index (χ3n) is 3.71. The maximum Gasteiger partial charge on any atom is 0.232 e. The Hall–Kier alpha value is -0.880. The summed E-state index contributed by atoms with van der Waals surface area (Å²) in [6, 6.07) is 1.80. The van der Waals surface area contributed by atoms with E-state index in [1.54, 1.807) is 13.3 Å². The maximum absolute atomic E-state index is 5.18. The number of ether oxygens (including phenoxy) is 1. The second-order valence-electron chi connectivity index (χ2n) is 5.00. The van der Waals surface area contributed by atoms with E-state index in [1.165, 1.54) is 12.8 Å². The number of methoxy groups -OCH3 is 1. The SMILES string of the molecule is COc1nc(NC2CC3CCC(C2)N3)ncc1Br. The number of aromatic nitrogens is 2. The second kappa shape index (κ2) is 5.01. The van der Waals surface area contributed by atoms with E-state index in [9.17, 15) is 0 Å². The summed E-state index contributed by atoms with van der Waals surface area (Å²) >= 11 is 3.36. The van der Waals surface area contributed by atoms with Gasteiger partial charge in [-0.25, -0.2) is 4.98 Å². The molecule has 1 aromatic rings. The first-order valence-electron chi connectivity index (χ1n) is 6.33. The summed E-state index contributed by atoms with van der Waals surface area (Å²) in [7, 11) is 1.61. The van der Waals surface area contributed by atoms with E-state index < -0.39 is 0 Å². The molecular weight excluding hydrogens is 296 g/mol. The van der Waals surface area contributed by atoms with Gasteiger partial charge in [0.1, 0.15) is 0 Å². The molecule has 2 aliphatic heterocycles. The molecule has 2 unspecified atom stereocenters. The van der Waals surface area contributed by atoms with Crippen LogP contribution in [0.2, 0.25) is 0 Å². The smallest absolute Gasteiger partial charge is 0.232 e. The highest BCUT2D eigenvalue weighted by molar-refractivity contribution is 9.10. The van der Waals surface area contributed by atoms with Crippen molar-refractivity contribution in [1.29, 1.82) is 0 Å². The Balaban J connectivity index is 1.69. The lowest BCUT2D eigenvalue weighted by atomic mass is 10.0. The van der Waals surface area contributed by atoms with Gasteiger partial charge >= 0.3 is 0 Å². The van der Waals surface area contributed by atoms with Crippen molar-refractivity contribution in [3.8, 4) is 5.88 Å². The molecule has 18 heavy (non-hydrogen) atoms. The molecule has 0 radical (unpaired) electrons. The second-order valence-corrected chi connectivity index (χ2v) is 5.86. The third-order valence-corrected chi connectivity index (χ3v) is 4.26. The Bertz CT molecular complexity index is 430. The van der Waals surface area contributed by atoms with Crippen molar-refractivity contribution in [3.63, 3.8) is 0 Å². The molecule has 2 atom stereocenters. The van der Waals surface area contributed by atoms with Gasteiger partial charge in [0.15, 0.2) is 0 Å². The molecule has 2 bridgehead atoms. The summed E-state index contributed by atoms with van der Waals surface area (Å²) in [4.78, 5) is 8.63. The first kappa shape index (κ1) is 12.2. The molecule has 0 saturated carbocycles. The summed E-state index contributed by atoms with van der Waals surface area (Å²) in [5.74, 6) is 1.23. The average molecular weight is 313 g/mol. The van der Waals surface area contributed by atoms with Crippen LogP contribution in [0.3, 0.4) is 0 Å². The van der Waals surface area contributed by atoms with Crippen LogP contribution >= 0.6 is 15.9 Å². The molecule has 3 heterocycles. The Morgan fingerprint density at radius 2 is 2.11 bits per heavy atom. The predicted octanol–water partition coefficient (Wildman–Crippen LogP) is 1.94. The van der Waals surface area contributed by atoms with E-state index >= 15 is 0 Å². The average Bonchev–Trinajstić information content (AvgIpc) is 2.71. The molecule has 98 valence electrons. The first-order valence-corrected chi connectivity index (χ1v) is 7.13. The molecule has 6 heteroatoms. The minimum absolute atomic E-state index is 0.467.